The summed E-state index contributed by atoms with van der Waals surface area (Å²) in [5.74, 6) is 0.0256. The van der Waals surface area contributed by atoms with Gasteiger partial charge in [0, 0.05) is 50.2 Å². The van der Waals surface area contributed by atoms with Crippen molar-refractivity contribution in [3.8, 4) is 22.3 Å². The molecule has 0 amide bonds. The molecule has 1 N–H and O–H groups in total. The molecule has 0 saturated carbocycles. The van der Waals surface area contributed by atoms with E-state index in [-0.39, 0.29) is 5.82 Å². The molecule has 3 heterocycles. The number of carbonyl (C=O) groups is 1. The Labute approximate surface area is 193 Å². The number of ether oxygens (including phenoxy) is 2. The minimum Gasteiger partial charge on any atom is -0.464 e. The molecule has 1 aliphatic rings. The summed E-state index contributed by atoms with van der Waals surface area (Å²) in [6.07, 6.45) is 4.38. The Morgan fingerprint density at radius 1 is 1.09 bits per heavy atom. The minimum atomic E-state index is -0.450. The van der Waals surface area contributed by atoms with Gasteiger partial charge in [0.15, 0.2) is 0 Å². The van der Waals surface area contributed by atoms with Crippen molar-refractivity contribution in [2.45, 2.75) is 6.42 Å². The molecule has 0 aliphatic carbocycles. The highest BCUT2D eigenvalue weighted by atomic mass is 19.1. The van der Waals surface area contributed by atoms with Gasteiger partial charge in [-0.15, -0.1) is 0 Å². The molecule has 1 fully saturated rings. The Morgan fingerprint density at radius 3 is 2.42 bits per heavy atom. The molecule has 33 heavy (non-hydrogen) atoms. The van der Waals surface area contributed by atoms with E-state index in [0.29, 0.717) is 11.3 Å². The normalized spacial score (nSPS) is 14.3. The number of nitrogens with zero attached hydrogens (tertiary/aromatic N) is 3. The van der Waals surface area contributed by atoms with E-state index in [1.165, 1.54) is 19.2 Å². The summed E-state index contributed by atoms with van der Waals surface area (Å²) in [5.41, 5.74) is 3.61. The molecule has 7 nitrogen and oxygen atoms in total. The summed E-state index contributed by atoms with van der Waals surface area (Å²) in [7, 11) is 3.21. The first-order valence-electron chi connectivity index (χ1n) is 11.1. The van der Waals surface area contributed by atoms with Gasteiger partial charge in [-0.1, -0.05) is 12.1 Å². The molecule has 174 valence electrons. The first kappa shape index (κ1) is 22.9. The number of hydrogen-bond acceptors (Lipinski definition) is 6. The molecule has 0 spiro atoms. The molecular weight excluding hydrogens is 423 g/mol. The van der Waals surface area contributed by atoms with E-state index in [1.54, 1.807) is 24.5 Å². The third kappa shape index (κ3) is 5.07. The number of hydrogen-bond donors (Lipinski definition) is 1. The Balaban J connectivity index is 1.73. The highest BCUT2D eigenvalue weighted by Crippen LogP contribution is 2.42. The number of morpholine rings is 1. The van der Waals surface area contributed by atoms with Crippen LogP contribution < -0.4 is 5.32 Å². The highest BCUT2D eigenvalue weighted by Gasteiger charge is 2.28. The molecule has 0 atom stereocenters. The van der Waals surface area contributed by atoms with E-state index >= 15 is 0 Å². The van der Waals surface area contributed by atoms with Gasteiger partial charge >= 0.3 is 5.97 Å². The molecular formula is C25H29FN4O3. The van der Waals surface area contributed by atoms with E-state index in [1.807, 2.05) is 23.7 Å². The smallest absolute Gasteiger partial charge is 0.355 e. The second kappa shape index (κ2) is 10.6. The SMILES string of the molecule is COC(=O)c1c(-c2ccc(F)cc2)c(-c2ccncc2)c(NCCCN2CCOCC2)n1C. The number of halogens is 1. The fourth-order valence-corrected chi connectivity index (χ4v) is 4.26. The highest BCUT2D eigenvalue weighted by molar-refractivity contribution is 6.05. The summed E-state index contributed by atoms with van der Waals surface area (Å²) in [6, 6.07) is 9.98. The van der Waals surface area contributed by atoms with Gasteiger partial charge in [-0.25, -0.2) is 9.18 Å². The van der Waals surface area contributed by atoms with Crippen LogP contribution in [0.1, 0.15) is 16.9 Å². The van der Waals surface area contributed by atoms with E-state index in [2.05, 4.69) is 15.2 Å². The lowest BCUT2D eigenvalue weighted by molar-refractivity contribution is 0.0378. The van der Waals surface area contributed by atoms with Crippen LogP contribution in [-0.4, -0.2) is 66.9 Å². The van der Waals surface area contributed by atoms with Crippen molar-refractivity contribution in [3.63, 3.8) is 0 Å². The quantitative estimate of drug-likeness (QED) is 0.414. The van der Waals surface area contributed by atoms with Crippen LogP contribution in [-0.2, 0) is 16.5 Å². The molecule has 3 aromatic rings. The maximum atomic E-state index is 13.7. The Morgan fingerprint density at radius 2 is 1.76 bits per heavy atom. The molecule has 1 aromatic carbocycles. The minimum absolute atomic E-state index is 0.332. The zero-order valence-corrected chi connectivity index (χ0v) is 19.0. The van der Waals surface area contributed by atoms with Crippen molar-refractivity contribution in [1.29, 1.82) is 0 Å². The van der Waals surface area contributed by atoms with Crippen LogP contribution in [0.15, 0.2) is 48.8 Å². The topological polar surface area (TPSA) is 68.6 Å². The summed E-state index contributed by atoms with van der Waals surface area (Å²) in [5, 5.41) is 3.54. The molecule has 2 aromatic heterocycles. The number of nitrogens with one attached hydrogen (secondary N) is 1. The lowest BCUT2D eigenvalue weighted by Crippen LogP contribution is -2.37. The van der Waals surface area contributed by atoms with Gasteiger partial charge in [-0.05, 0) is 48.4 Å². The monoisotopic (exact) mass is 452 g/mol. The maximum absolute atomic E-state index is 13.7. The molecule has 4 rings (SSSR count). The summed E-state index contributed by atoms with van der Waals surface area (Å²) >= 11 is 0. The number of esters is 1. The van der Waals surface area contributed by atoms with Gasteiger partial charge < -0.3 is 19.4 Å². The first-order chi connectivity index (χ1) is 16.1. The fourth-order valence-electron chi connectivity index (χ4n) is 4.26. The van der Waals surface area contributed by atoms with Gasteiger partial charge in [0.1, 0.15) is 17.3 Å². The van der Waals surface area contributed by atoms with Crippen molar-refractivity contribution < 1.29 is 18.7 Å². The number of carbonyl (C=O) groups excluding carboxylic acids is 1. The zero-order chi connectivity index (χ0) is 23.2. The summed E-state index contributed by atoms with van der Waals surface area (Å²) in [6.45, 7) is 5.17. The summed E-state index contributed by atoms with van der Waals surface area (Å²) < 4.78 is 26.0. The average molecular weight is 453 g/mol. The van der Waals surface area contributed by atoms with Crippen LogP contribution in [0.4, 0.5) is 10.2 Å². The van der Waals surface area contributed by atoms with Crippen molar-refractivity contribution >= 4 is 11.8 Å². The van der Waals surface area contributed by atoms with Crippen LogP contribution in [0.3, 0.4) is 0 Å². The lowest BCUT2D eigenvalue weighted by Gasteiger charge is -2.26. The maximum Gasteiger partial charge on any atom is 0.355 e. The lowest BCUT2D eigenvalue weighted by atomic mass is 9.96. The Bertz CT molecular complexity index is 1080. The van der Waals surface area contributed by atoms with Crippen molar-refractivity contribution in [3.05, 3.63) is 60.3 Å². The van der Waals surface area contributed by atoms with Crippen LogP contribution >= 0.6 is 0 Å². The van der Waals surface area contributed by atoms with Gasteiger partial charge in [0.25, 0.3) is 0 Å². The average Bonchev–Trinajstić information content (AvgIpc) is 3.15. The van der Waals surface area contributed by atoms with Crippen LogP contribution in [0.25, 0.3) is 22.3 Å². The van der Waals surface area contributed by atoms with Crippen molar-refractivity contribution in [2.75, 3.05) is 51.8 Å². The molecule has 0 unspecified atom stereocenters. The number of pyridine rings is 1. The van der Waals surface area contributed by atoms with Crippen LogP contribution in [0, 0.1) is 5.82 Å². The molecule has 1 aliphatic heterocycles. The molecule has 1 saturated heterocycles. The molecule has 8 heteroatoms. The second-order valence-corrected chi connectivity index (χ2v) is 7.97. The number of rotatable bonds is 8. The fraction of sp³-hybridized carbons (Fsp3) is 0.360. The Hall–Kier alpha value is -3.23. The largest absolute Gasteiger partial charge is 0.464 e. The molecule has 0 radical (unpaired) electrons. The number of methoxy groups -OCH3 is 1. The summed E-state index contributed by atoms with van der Waals surface area (Å²) in [4.78, 5) is 19.4. The number of anilines is 1. The van der Waals surface area contributed by atoms with E-state index < -0.39 is 5.97 Å². The van der Waals surface area contributed by atoms with Gasteiger partial charge in [-0.3, -0.25) is 9.88 Å². The number of aromatic nitrogens is 2. The predicted octanol–water partition coefficient (Wildman–Crippen LogP) is 3.81. The third-order valence-electron chi connectivity index (χ3n) is 5.92. The third-order valence-corrected chi connectivity index (χ3v) is 5.92. The van der Waals surface area contributed by atoms with Crippen molar-refractivity contribution in [1.82, 2.24) is 14.5 Å². The van der Waals surface area contributed by atoms with Crippen LogP contribution in [0.5, 0.6) is 0 Å². The second-order valence-electron chi connectivity index (χ2n) is 7.97. The van der Waals surface area contributed by atoms with Crippen LogP contribution in [0.2, 0.25) is 0 Å². The van der Waals surface area contributed by atoms with E-state index in [9.17, 15) is 9.18 Å². The number of benzene rings is 1. The van der Waals surface area contributed by atoms with Gasteiger partial charge in [0.05, 0.1) is 20.3 Å². The van der Waals surface area contributed by atoms with Crippen molar-refractivity contribution in [2.24, 2.45) is 7.05 Å². The molecule has 0 bridgehead atoms. The van der Waals surface area contributed by atoms with E-state index in [0.717, 1.165) is 68.3 Å². The predicted molar refractivity (Wildman–Crippen MR) is 126 cm³/mol. The Kier molecular flexibility index (Phi) is 7.36. The van der Waals surface area contributed by atoms with Gasteiger partial charge in [-0.2, -0.15) is 0 Å². The first-order valence-corrected chi connectivity index (χ1v) is 11.1. The van der Waals surface area contributed by atoms with E-state index in [4.69, 9.17) is 9.47 Å². The zero-order valence-electron chi connectivity index (χ0n) is 19.0. The van der Waals surface area contributed by atoms with Gasteiger partial charge in [0.2, 0.25) is 0 Å². The standard InChI is InChI=1S/C25H29FN4O3/c1-29-23(25(31)32-2)21(18-4-6-20(26)7-5-18)22(19-8-11-27-12-9-19)24(29)28-10-3-13-30-14-16-33-17-15-30/h4-9,11-12,28H,3,10,13-17H2,1-2H3.